The summed E-state index contributed by atoms with van der Waals surface area (Å²) >= 11 is 6.00. The third-order valence-electron chi connectivity index (χ3n) is 3.64. The molecule has 2 aromatic rings. The number of carbonyl (C=O) groups excluding carboxylic acids is 2. The van der Waals surface area contributed by atoms with Crippen LogP contribution < -0.4 is 9.62 Å². The molecule has 1 amide bonds. The van der Waals surface area contributed by atoms with Crippen LogP contribution >= 0.6 is 11.6 Å². The van der Waals surface area contributed by atoms with E-state index in [1.54, 1.807) is 37.3 Å². The van der Waals surface area contributed by atoms with Gasteiger partial charge >= 0.3 is 5.97 Å². The molecule has 0 unspecified atom stereocenters. The number of hydrogen-bond donors (Lipinski definition) is 1. The standard InChI is InChI=1S/C18H19ClN2O5S/c1-3-20-17(22)12-26-18(23)15-11-14(9-10-16(15)19)27(24,25)21(2)13-7-5-4-6-8-13/h4-11H,3,12H2,1-2H3,(H,20,22). The summed E-state index contributed by atoms with van der Waals surface area (Å²) in [5.41, 5.74) is 0.330. The molecule has 7 nitrogen and oxygen atoms in total. The summed E-state index contributed by atoms with van der Waals surface area (Å²) in [6.45, 7) is 1.65. The van der Waals surface area contributed by atoms with E-state index in [1.165, 1.54) is 19.2 Å². The number of ether oxygens (including phenoxy) is 1. The first-order valence-corrected chi connectivity index (χ1v) is 9.86. The molecule has 0 radical (unpaired) electrons. The van der Waals surface area contributed by atoms with Crippen LogP contribution in [0.1, 0.15) is 17.3 Å². The van der Waals surface area contributed by atoms with Gasteiger partial charge in [-0.3, -0.25) is 9.10 Å². The Bertz CT molecular complexity index is 932. The van der Waals surface area contributed by atoms with Crippen LogP contribution in [0, 0.1) is 0 Å². The summed E-state index contributed by atoms with van der Waals surface area (Å²) in [5.74, 6) is -1.35. The Kier molecular flexibility index (Phi) is 6.81. The molecule has 9 heteroatoms. The van der Waals surface area contributed by atoms with Crippen molar-refractivity contribution in [3.63, 3.8) is 0 Å². The van der Waals surface area contributed by atoms with Gasteiger partial charge in [-0.2, -0.15) is 0 Å². The van der Waals surface area contributed by atoms with Gasteiger partial charge in [-0.15, -0.1) is 0 Å². The molecule has 0 saturated heterocycles. The second kappa shape index (κ2) is 8.88. The molecule has 1 N–H and O–H groups in total. The van der Waals surface area contributed by atoms with E-state index in [9.17, 15) is 18.0 Å². The van der Waals surface area contributed by atoms with E-state index in [0.717, 1.165) is 10.4 Å². The number of carbonyl (C=O) groups is 2. The van der Waals surface area contributed by atoms with Crippen molar-refractivity contribution in [3.8, 4) is 0 Å². The quantitative estimate of drug-likeness (QED) is 0.708. The third-order valence-corrected chi connectivity index (χ3v) is 5.76. The van der Waals surface area contributed by atoms with E-state index in [4.69, 9.17) is 16.3 Å². The summed E-state index contributed by atoms with van der Waals surface area (Å²) in [7, 11) is -2.51. The molecular formula is C18H19ClN2O5S. The fourth-order valence-corrected chi connectivity index (χ4v) is 3.63. The zero-order valence-electron chi connectivity index (χ0n) is 14.8. The summed E-state index contributed by atoms with van der Waals surface area (Å²) in [6.07, 6.45) is 0. The van der Waals surface area contributed by atoms with Crippen molar-refractivity contribution in [2.45, 2.75) is 11.8 Å². The highest BCUT2D eigenvalue weighted by Crippen LogP contribution is 2.26. The first-order valence-electron chi connectivity index (χ1n) is 8.04. The highest BCUT2D eigenvalue weighted by molar-refractivity contribution is 7.92. The number of amides is 1. The Morgan fingerprint density at radius 3 is 2.44 bits per heavy atom. The first-order chi connectivity index (χ1) is 12.8. The van der Waals surface area contributed by atoms with Crippen LogP contribution in [0.5, 0.6) is 0 Å². The summed E-state index contributed by atoms with van der Waals surface area (Å²) < 4.78 is 31.7. The maximum Gasteiger partial charge on any atom is 0.340 e. The van der Waals surface area contributed by atoms with Crippen LogP contribution in [0.25, 0.3) is 0 Å². The molecule has 0 fully saturated rings. The SMILES string of the molecule is CCNC(=O)COC(=O)c1cc(S(=O)(=O)N(C)c2ccccc2)ccc1Cl. The van der Waals surface area contributed by atoms with Crippen molar-refractivity contribution >= 4 is 39.2 Å². The fraction of sp³-hybridized carbons (Fsp3) is 0.222. The molecule has 2 rings (SSSR count). The van der Waals surface area contributed by atoms with Gasteiger partial charge < -0.3 is 10.1 Å². The Morgan fingerprint density at radius 1 is 1.15 bits per heavy atom. The number of halogens is 1. The van der Waals surface area contributed by atoms with E-state index in [2.05, 4.69) is 5.32 Å². The Hall–Kier alpha value is -2.58. The molecule has 27 heavy (non-hydrogen) atoms. The lowest BCUT2D eigenvalue weighted by atomic mass is 10.2. The molecule has 144 valence electrons. The van der Waals surface area contributed by atoms with E-state index in [-0.39, 0.29) is 15.5 Å². The maximum absolute atomic E-state index is 12.8. The Morgan fingerprint density at radius 2 is 1.81 bits per heavy atom. The second-order valence-electron chi connectivity index (χ2n) is 5.48. The first kappa shape index (κ1) is 20.7. The van der Waals surface area contributed by atoms with E-state index in [0.29, 0.717) is 12.2 Å². The number of rotatable bonds is 7. The zero-order chi connectivity index (χ0) is 20.0. The highest BCUT2D eigenvalue weighted by atomic mass is 35.5. The molecule has 0 aliphatic rings. The number of sulfonamides is 1. The lowest BCUT2D eigenvalue weighted by Crippen LogP contribution is -2.28. The molecule has 0 heterocycles. The van der Waals surface area contributed by atoms with Crippen molar-refractivity contribution in [2.24, 2.45) is 0 Å². The molecule has 0 aliphatic carbocycles. The van der Waals surface area contributed by atoms with Gasteiger partial charge in [0.05, 0.1) is 21.2 Å². The smallest absolute Gasteiger partial charge is 0.340 e. The Labute approximate surface area is 162 Å². The van der Waals surface area contributed by atoms with Gasteiger partial charge in [0.1, 0.15) is 0 Å². The molecule has 2 aromatic carbocycles. The van der Waals surface area contributed by atoms with E-state index >= 15 is 0 Å². The zero-order valence-corrected chi connectivity index (χ0v) is 16.4. The summed E-state index contributed by atoms with van der Waals surface area (Å²) in [5, 5.41) is 2.51. The summed E-state index contributed by atoms with van der Waals surface area (Å²) in [6, 6.07) is 12.2. The lowest BCUT2D eigenvalue weighted by molar-refractivity contribution is -0.124. The minimum absolute atomic E-state index is 0.0252. The van der Waals surface area contributed by atoms with E-state index in [1.807, 2.05) is 0 Å². The van der Waals surface area contributed by atoms with Crippen LogP contribution in [0.2, 0.25) is 5.02 Å². The molecular weight excluding hydrogens is 392 g/mol. The average Bonchev–Trinajstić information content (AvgIpc) is 2.66. The fourth-order valence-electron chi connectivity index (χ4n) is 2.21. The van der Waals surface area contributed by atoms with Gasteiger partial charge in [0.25, 0.3) is 15.9 Å². The van der Waals surface area contributed by atoms with Gasteiger partial charge in [-0.25, -0.2) is 13.2 Å². The molecule has 0 atom stereocenters. The number of nitrogens with one attached hydrogen (secondary N) is 1. The topological polar surface area (TPSA) is 92.8 Å². The van der Waals surface area contributed by atoms with Gasteiger partial charge in [0.2, 0.25) is 0 Å². The van der Waals surface area contributed by atoms with Crippen molar-refractivity contribution in [2.75, 3.05) is 24.5 Å². The molecule has 0 aliphatic heterocycles. The van der Waals surface area contributed by atoms with Crippen LogP contribution in [0.3, 0.4) is 0 Å². The van der Waals surface area contributed by atoms with Gasteiger partial charge in [-0.1, -0.05) is 29.8 Å². The third kappa shape index (κ3) is 4.99. The van der Waals surface area contributed by atoms with Gasteiger partial charge in [0.15, 0.2) is 6.61 Å². The number of nitrogens with zero attached hydrogens (tertiary/aromatic N) is 1. The summed E-state index contributed by atoms with van der Waals surface area (Å²) in [4.78, 5) is 23.5. The highest BCUT2D eigenvalue weighted by Gasteiger charge is 2.24. The molecule has 0 saturated carbocycles. The Balaban J connectivity index is 2.28. The normalized spacial score (nSPS) is 10.9. The number of hydrogen-bond acceptors (Lipinski definition) is 5. The van der Waals surface area contributed by atoms with Crippen molar-refractivity contribution < 1.29 is 22.7 Å². The number of esters is 1. The van der Waals surface area contributed by atoms with Gasteiger partial charge in [-0.05, 0) is 37.3 Å². The van der Waals surface area contributed by atoms with Crippen LogP contribution in [-0.2, 0) is 19.6 Å². The maximum atomic E-state index is 12.8. The van der Waals surface area contributed by atoms with Crippen LogP contribution in [0.4, 0.5) is 5.69 Å². The monoisotopic (exact) mass is 410 g/mol. The van der Waals surface area contributed by atoms with E-state index < -0.39 is 28.5 Å². The minimum atomic E-state index is -3.92. The second-order valence-corrected chi connectivity index (χ2v) is 7.86. The van der Waals surface area contributed by atoms with Crippen LogP contribution in [-0.4, -0.2) is 40.5 Å². The molecule has 0 bridgehead atoms. The minimum Gasteiger partial charge on any atom is -0.452 e. The molecule has 0 spiro atoms. The van der Waals surface area contributed by atoms with Crippen molar-refractivity contribution in [1.82, 2.24) is 5.32 Å². The molecule has 0 aromatic heterocycles. The number of likely N-dealkylation sites (N-methyl/N-ethyl adjacent to an activating group) is 1. The van der Waals surface area contributed by atoms with Crippen molar-refractivity contribution in [1.29, 1.82) is 0 Å². The van der Waals surface area contributed by atoms with Gasteiger partial charge in [0, 0.05) is 13.6 Å². The number of para-hydroxylation sites is 1. The van der Waals surface area contributed by atoms with Crippen LogP contribution in [0.15, 0.2) is 53.4 Å². The number of anilines is 1. The predicted molar refractivity (Wildman–Crippen MR) is 102 cm³/mol. The van der Waals surface area contributed by atoms with Crippen molar-refractivity contribution in [3.05, 3.63) is 59.1 Å². The largest absolute Gasteiger partial charge is 0.452 e. The average molecular weight is 411 g/mol. The predicted octanol–water partition coefficient (Wildman–Crippen LogP) is 2.46. The lowest BCUT2D eigenvalue weighted by Gasteiger charge is -2.20. The number of benzene rings is 2.